The molecule has 0 unspecified atom stereocenters. The van der Waals surface area contributed by atoms with E-state index < -0.39 is 6.29 Å². The van der Waals surface area contributed by atoms with Crippen LogP contribution in [0.25, 0.3) is 5.69 Å². The minimum absolute atomic E-state index is 0.453. The average molecular weight is 191 g/mol. The Hall–Kier alpha value is -1.72. The van der Waals surface area contributed by atoms with Crippen molar-refractivity contribution in [1.82, 2.24) is 14.8 Å². The Morgan fingerprint density at radius 3 is 2.36 bits per heavy atom. The molecule has 0 radical (unpaired) electrons. The molecule has 1 aromatic carbocycles. The molecule has 5 nitrogen and oxygen atoms in total. The summed E-state index contributed by atoms with van der Waals surface area (Å²) in [5, 5.41) is 21.7. The van der Waals surface area contributed by atoms with Crippen molar-refractivity contribution in [2.45, 2.75) is 6.29 Å². The third-order valence-electron chi connectivity index (χ3n) is 1.87. The summed E-state index contributed by atoms with van der Waals surface area (Å²) in [4.78, 5) is 3.81. The maximum Gasteiger partial charge on any atom is 0.178 e. The van der Waals surface area contributed by atoms with E-state index in [1.807, 2.05) is 0 Å². The Morgan fingerprint density at radius 2 is 1.86 bits per heavy atom. The summed E-state index contributed by atoms with van der Waals surface area (Å²) in [6.45, 7) is 0. The molecule has 0 aliphatic rings. The first-order valence-corrected chi connectivity index (χ1v) is 4.08. The lowest BCUT2D eigenvalue weighted by Crippen LogP contribution is -1.97. The fourth-order valence-electron chi connectivity index (χ4n) is 1.14. The van der Waals surface area contributed by atoms with Gasteiger partial charge in [-0.3, -0.25) is 0 Å². The molecule has 0 saturated carbocycles. The number of nitrogens with zero attached hydrogens (tertiary/aromatic N) is 3. The van der Waals surface area contributed by atoms with E-state index in [-0.39, 0.29) is 0 Å². The quantitative estimate of drug-likeness (QED) is 0.667. The van der Waals surface area contributed by atoms with Crippen molar-refractivity contribution in [3.8, 4) is 5.69 Å². The molecule has 2 aromatic rings. The zero-order chi connectivity index (χ0) is 9.97. The van der Waals surface area contributed by atoms with Gasteiger partial charge in [0.2, 0.25) is 0 Å². The van der Waals surface area contributed by atoms with Gasteiger partial charge in [0.25, 0.3) is 0 Å². The first-order chi connectivity index (χ1) is 6.77. The van der Waals surface area contributed by atoms with Crippen LogP contribution in [0, 0.1) is 0 Å². The van der Waals surface area contributed by atoms with Crippen LogP contribution in [0.1, 0.15) is 11.9 Å². The van der Waals surface area contributed by atoms with Crippen LogP contribution in [0.15, 0.2) is 36.9 Å². The normalized spacial score (nSPS) is 10.8. The predicted molar refractivity (Wildman–Crippen MR) is 48.5 cm³/mol. The molecule has 0 bridgehead atoms. The van der Waals surface area contributed by atoms with Crippen LogP contribution in [-0.4, -0.2) is 25.0 Å². The van der Waals surface area contributed by atoms with E-state index in [0.29, 0.717) is 5.56 Å². The fraction of sp³-hybridized carbons (Fsp3) is 0.111. The Bertz CT molecular complexity index is 395. The van der Waals surface area contributed by atoms with Crippen LogP contribution in [0.2, 0.25) is 0 Å². The summed E-state index contributed by atoms with van der Waals surface area (Å²) in [6.07, 6.45) is 1.58. The first-order valence-electron chi connectivity index (χ1n) is 4.08. The molecule has 0 spiro atoms. The Morgan fingerprint density at radius 1 is 1.14 bits per heavy atom. The van der Waals surface area contributed by atoms with Gasteiger partial charge in [-0.05, 0) is 12.1 Å². The Balaban J connectivity index is 2.31. The number of aromatic nitrogens is 3. The van der Waals surface area contributed by atoms with Gasteiger partial charge in [0.1, 0.15) is 12.7 Å². The van der Waals surface area contributed by atoms with Crippen molar-refractivity contribution >= 4 is 0 Å². The minimum atomic E-state index is -1.43. The summed E-state index contributed by atoms with van der Waals surface area (Å²) in [5.41, 5.74) is 1.28. The molecule has 0 aliphatic carbocycles. The van der Waals surface area contributed by atoms with Gasteiger partial charge >= 0.3 is 0 Å². The molecule has 1 aromatic heterocycles. The Labute approximate surface area is 80.3 Å². The standard InChI is InChI=1S/C9H9N3O2/c13-9(14)7-1-3-8(4-2-7)12-6-10-5-11-12/h1-6,9,13-14H. The number of aliphatic hydroxyl groups excluding tert-OH is 1. The second-order valence-electron chi connectivity index (χ2n) is 2.81. The molecule has 0 saturated heterocycles. The monoisotopic (exact) mass is 191 g/mol. The zero-order valence-corrected chi connectivity index (χ0v) is 7.28. The van der Waals surface area contributed by atoms with E-state index in [9.17, 15) is 0 Å². The van der Waals surface area contributed by atoms with Crippen LogP contribution in [0.3, 0.4) is 0 Å². The third kappa shape index (κ3) is 1.63. The number of aliphatic hydroxyl groups is 2. The van der Waals surface area contributed by atoms with Gasteiger partial charge in [-0.2, -0.15) is 5.10 Å². The lowest BCUT2D eigenvalue weighted by molar-refractivity contribution is -0.0424. The van der Waals surface area contributed by atoms with E-state index in [2.05, 4.69) is 10.1 Å². The predicted octanol–water partition coefficient (Wildman–Crippen LogP) is 0.250. The van der Waals surface area contributed by atoms with Gasteiger partial charge < -0.3 is 10.2 Å². The molecule has 2 N–H and O–H groups in total. The molecule has 5 heteroatoms. The van der Waals surface area contributed by atoms with Crippen molar-refractivity contribution in [2.75, 3.05) is 0 Å². The minimum Gasteiger partial charge on any atom is -0.364 e. The lowest BCUT2D eigenvalue weighted by atomic mass is 10.2. The smallest absolute Gasteiger partial charge is 0.178 e. The van der Waals surface area contributed by atoms with E-state index in [0.717, 1.165) is 5.69 Å². The SMILES string of the molecule is OC(O)c1ccc(-n2cncn2)cc1. The zero-order valence-electron chi connectivity index (χ0n) is 7.28. The number of rotatable bonds is 2. The van der Waals surface area contributed by atoms with Gasteiger partial charge in [-0.15, -0.1) is 0 Å². The third-order valence-corrected chi connectivity index (χ3v) is 1.87. The Kier molecular flexibility index (Phi) is 2.26. The van der Waals surface area contributed by atoms with Crippen molar-refractivity contribution in [3.05, 3.63) is 42.5 Å². The molecular formula is C9H9N3O2. The topological polar surface area (TPSA) is 71.2 Å². The average Bonchev–Trinajstić information content (AvgIpc) is 2.71. The van der Waals surface area contributed by atoms with Crippen LogP contribution < -0.4 is 0 Å². The van der Waals surface area contributed by atoms with Gasteiger partial charge in [0.15, 0.2) is 6.29 Å². The summed E-state index contributed by atoms with van der Waals surface area (Å²) in [7, 11) is 0. The molecule has 1 heterocycles. The van der Waals surface area contributed by atoms with E-state index >= 15 is 0 Å². The number of hydrogen-bond acceptors (Lipinski definition) is 4. The van der Waals surface area contributed by atoms with Crippen molar-refractivity contribution in [3.63, 3.8) is 0 Å². The van der Waals surface area contributed by atoms with E-state index in [4.69, 9.17) is 10.2 Å². The molecule has 0 atom stereocenters. The highest BCUT2D eigenvalue weighted by Gasteiger charge is 2.02. The molecular weight excluding hydrogens is 182 g/mol. The second kappa shape index (κ2) is 3.57. The first kappa shape index (κ1) is 8.86. The highest BCUT2D eigenvalue weighted by molar-refractivity contribution is 5.33. The maximum absolute atomic E-state index is 8.87. The number of benzene rings is 1. The largest absolute Gasteiger partial charge is 0.364 e. The van der Waals surface area contributed by atoms with Crippen LogP contribution >= 0.6 is 0 Å². The number of hydrogen-bond donors (Lipinski definition) is 2. The van der Waals surface area contributed by atoms with Gasteiger partial charge in [0, 0.05) is 5.56 Å². The van der Waals surface area contributed by atoms with Crippen molar-refractivity contribution in [1.29, 1.82) is 0 Å². The van der Waals surface area contributed by atoms with E-state index in [1.54, 1.807) is 35.3 Å². The van der Waals surface area contributed by atoms with Crippen molar-refractivity contribution < 1.29 is 10.2 Å². The second-order valence-corrected chi connectivity index (χ2v) is 2.81. The summed E-state index contributed by atoms with van der Waals surface area (Å²) >= 11 is 0. The van der Waals surface area contributed by atoms with Crippen LogP contribution in [-0.2, 0) is 0 Å². The maximum atomic E-state index is 8.87. The molecule has 0 fully saturated rings. The summed E-state index contributed by atoms with van der Waals surface area (Å²) < 4.78 is 1.59. The lowest BCUT2D eigenvalue weighted by Gasteiger charge is -2.04. The van der Waals surface area contributed by atoms with Crippen LogP contribution in [0.5, 0.6) is 0 Å². The molecule has 0 amide bonds. The van der Waals surface area contributed by atoms with Gasteiger partial charge in [-0.25, -0.2) is 9.67 Å². The molecule has 2 rings (SSSR count). The fourth-order valence-corrected chi connectivity index (χ4v) is 1.14. The van der Waals surface area contributed by atoms with Gasteiger partial charge in [0.05, 0.1) is 5.69 Å². The molecule has 72 valence electrons. The highest BCUT2D eigenvalue weighted by atomic mass is 16.5. The highest BCUT2D eigenvalue weighted by Crippen LogP contribution is 2.12. The molecule has 14 heavy (non-hydrogen) atoms. The summed E-state index contributed by atoms with van der Waals surface area (Å²) in [6, 6.07) is 6.73. The van der Waals surface area contributed by atoms with E-state index in [1.165, 1.54) is 6.33 Å². The molecule has 0 aliphatic heterocycles. The summed E-state index contributed by atoms with van der Waals surface area (Å²) in [5.74, 6) is 0. The van der Waals surface area contributed by atoms with Crippen molar-refractivity contribution in [2.24, 2.45) is 0 Å². The van der Waals surface area contributed by atoms with Gasteiger partial charge in [-0.1, -0.05) is 12.1 Å². The van der Waals surface area contributed by atoms with Crippen LogP contribution in [0.4, 0.5) is 0 Å².